The molecule has 30 heavy (non-hydrogen) atoms. The van der Waals surface area contributed by atoms with Crippen LogP contribution in [-0.2, 0) is 13.5 Å². The minimum absolute atomic E-state index is 0.00128. The van der Waals surface area contributed by atoms with Crippen molar-refractivity contribution in [1.29, 1.82) is 0 Å². The van der Waals surface area contributed by atoms with E-state index in [1.54, 1.807) is 24.1 Å². The molecule has 0 radical (unpaired) electrons. The van der Waals surface area contributed by atoms with Gasteiger partial charge in [-0.25, -0.2) is 0 Å². The molecule has 158 valence electrons. The van der Waals surface area contributed by atoms with Gasteiger partial charge in [-0.3, -0.25) is 14.3 Å². The van der Waals surface area contributed by atoms with E-state index in [2.05, 4.69) is 10.4 Å². The van der Waals surface area contributed by atoms with E-state index in [0.717, 1.165) is 34.9 Å². The van der Waals surface area contributed by atoms with Gasteiger partial charge in [0.15, 0.2) is 0 Å². The molecule has 7 nitrogen and oxygen atoms in total. The van der Waals surface area contributed by atoms with E-state index in [1.165, 1.54) is 11.3 Å². The summed E-state index contributed by atoms with van der Waals surface area (Å²) in [7, 11) is 1.80. The molecular formula is C22H26N4O3S. The van der Waals surface area contributed by atoms with Gasteiger partial charge in [0, 0.05) is 37.1 Å². The number of carbonyl (C=O) groups excluding carboxylic acids is 2. The number of thiophene rings is 1. The van der Waals surface area contributed by atoms with Gasteiger partial charge in [0.2, 0.25) is 0 Å². The van der Waals surface area contributed by atoms with Crippen LogP contribution in [0, 0.1) is 0 Å². The fourth-order valence-electron chi connectivity index (χ4n) is 4.15. The van der Waals surface area contributed by atoms with Gasteiger partial charge in [0.05, 0.1) is 23.2 Å². The highest BCUT2D eigenvalue weighted by Gasteiger charge is 2.30. The van der Waals surface area contributed by atoms with Crippen LogP contribution in [0.3, 0.4) is 0 Å². The maximum atomic E-state index is 13.1. The number of hydrogen-bond donors (Lipinski definition) is 2. The van der Waals surface area contributed by atoms with E-state index in [0.29, 0.717) is 23.4 Å². The quantitative estimate of drug-likeness (QED) is 0.634. The normalized spacial score (nSPS) is 16.7. The maximum Gasteiger partial charge on any atom is 0.261 e. The Hall–Kier alpha value is -2.71. The molecule has 2 amide bonds. The van der Waals surface area contributed by atoms with Gasteiger partial charge >= 0.3 is 0 Å². The van der Waals surface area contributed by atoms with E-state index in [4.69, 9.17) is 5.11 Å². The minimum atomic E-state index is -0.166. The Balaban J connectivity index is 1.66. The Morgan fingerprint density at radius 3 is 2.90 bits per heavy atom. The highest BCUT2D eigenvalue weighted by molar-refractivity contribution is 7.21. The van der Waals surface area contributed by atoms with Crippen LogP contribution in [0.4, 0.5) is 0 Å². The van der Waals surface area contributed by atoms with E-state index in [-0.39, 0.29) is 31.0 Å². The predicted molar refractivity (Wildman–Crippen MR) is 117 cm³/mol. The fourth-order valence-corrected chi connectivity index (χ4v) is 5.30. The standard InChI is InChI=1S/C22H26N4O3S/c1-25-14-15(13-24-25)22(29)26-10-5-4-6-16(26)12-18-17-7-2-3-8-19(17)30-20(18)21(28)23-9-11-27/h2-3,7-8,13-14,16,27H,4-6,9-12H2,1H3,(H,23,28)/t16-/m0/s1. The summed E-state index contributed by atoms with van der Waals surface area (Å²) in [5.41, 5.74) is 1.59. The van der Waals surface area contributed by atoms with Gasteiger partial charge in [0.1, 0.15) is 0 Å². The lowest BCUT2D eigenvalue weighted by molar-refractivity contribution is 0.0614. The monoisotopic (exact) mass is 426 g/mol. The molecule has 2 N–H and O–H groups in total. The molecule has 0 unspecified atom stereocenters. The van der Waals surface area contributed by atoms with Crippen LogP contribution in [0.5, 0.6) is 0 Å². The largest absolute Gasteiger partial charge is 0.395 e. The van der Waals surface area contributed by atoms with Crippen molar-refractivity contribution in [3.8, 4) is 0 Å². The Morgan fingerprint density at radius 2 is 2.13 bits per heavy atom. The number of amides is 2. The number of nitrogens with one attached hydrogen (secondary N) is 1. The van der Waals surface area contributed by atoms with Gasteiger partial charge in [-0.1, -0.05) is 18.2 Å². The van der Waals surface area contributed by atoms with E-state index < -0.39 is 0 Å². The molecule has 1 aromatic carbocycles. The molecule has 0 saturated carbocycles. The maximum absolute atomic E-state index is 13.1. The number of hydrogen-bond acceptors (Lipinski definition) is 5. The highest BCUT2D eigenvalue weighted by Crippen LogP contribution is 2.34. The molecule has 8 heteroatoms. The lowest BCUT2D eigenvalue weighted by Crippen LogP contribution is -2.45. The lowest BCUT2D eigenvalue weighted by atomic mass is 9.93. The number of likely N-dealkylation sites (tertiary alicyclic amines) is 1. The third-order valence-corrected chi connectivity index (χ3v) is 6.79. The van der Waals surface area contributed by atoms with Crippen LogP contribution in [-0.4, -0.2) is 57.3 Å². The minimum Gasteiger partial charge on any atom is -0.395 e. The number of rotatable bonds is 6. The first-order valence-corrected chi connectivity index (χ1v) is 11.1. The number of fused-ring (bicyclic) bond motifs is 1. The molecule has 0 spiro atoms. The molecule has 3 aromatic rings. The van der Waals surface area contributed by atoms with E-state index in [1.807, 2.05) is 29.2 Å². The Bertz CT molecular complexity index is 1060. The number of carbonyl (C=O) groups is 2. The van der Waals surface area contributed by atoms with Crippen molar-refractivity contribution in [2.75, 3.05) is 19.7 Å². The summed E-state index contributed by atoms with van der Waals surface area (Å²) in [6, 6.07) is 8.05. The number of nitrogens with zero attached hydrogens (tertiary/aromatic N) is 3. The first-order valence-electron chi connectivity index (χ1n) is 10.3. The summed E-state index contributed by atoms with van der Waals surface area (Å²) >= 11 is 1.47. The summed E-state index contributed by atoms with van der Waals surface area (Å²) in [6.45, 7) is 0.843. The number of aryl methyl sites for hydroxylation is 1. The number of aromatic nitrogens is 2. The third kappa shape index (κ3) is 4.11. The molecule has 1 aliphatic heterocycles. The molecule has 4 rings (SSSR count). The highest BCUT2D eigenvalue weighted by atomic mass is 32.1. The summed E-state index contributed by atoms with van der Waals surface area (Å²) in [4.78, 5) is 28.5. The number of piperidine rings is 1. The molecule has 1 aliphatic rings. The Kier molecular flexibility index (Phi) is 6.15. The van der Waals surface area contributed by atoms with Crippen molar-refractivity contribution in [3.05, 3.63) is 52.7 Å². The van der Waals surface area contributed by atoms with Crippen LogP contribution in [0.2, 0.25) is 0 Å². The molecule has 3 heterocycles. The topological polar surface area (TPSA) is 87.5 Å². The second-order valence-electron chi connectivity index (χ2n) is 7.64. The second-order valence-corrected chi connectivity index (χ2v) is 8.69. The SMILES string of the molecule is Cn1cc(C(=O)N2CCCC[C@H]2Cc2c(C(=O)NCCO)sc3ccccc23)cn1. The van der Waals surface area contributed by atoms with E-state index in [9.17, 15) is 9.59 Å². The van der Waals surface area contributed by atoms with Gasteiger partial charge in [0.25, 0.3) is 11.8 Å². The van der Waals surface area contributed by atoms with Gasteiger partial charge in [-0.2, -0.15) is 5.10 Å². The van der Waals surface area contributed by atoms with Crippen molar-refractivity contribution in [1.82, 2.24) is 20.0 Å². The van der Waals surface area contributed by atoms with Crippen molar-refractivity contribution < 1.29 is 14.7 Å². The number of benzene rings is 1. The molecule has 0 bridgehead atoms. The average molecular weight is 427 g/mol. The van der Waals surface area contributed by atoms with Crippen LogP contribution >= 0.6 is 11.3 Å². The van der Waals surface area contributed by atoms with E-state index >= 15 is 0 Å². The van der Waals surface area contributed by atoms with Gasteiger partial charge < -0.3 is 15.3 Å². The Labute approximate surface area is 179 Å². The fraction of sp³-hybridized carbons (Fsp3) is 0.409. The molecule has 2 aromatic heterocycles. The first kappa shape index (κ1) is 20.6. The second kappa shape index (κ2) is 8.97. The van der Waals surface area contributed by atoms with Crippen LogP contribution < -0.4 is 5.32 Å². The number of aliphatic hydroxyl groups is 1. The molecule has 1 fully saturated rings. The Morgan fingerprint density at radius 1 is 1.30 bits per heavy atom. The van der Waals surface area contributed by atoms with Crippen molar-refractivity contribution >= 4 is 33.2 Å². The van der Waals surface area contributed by atoms with Gasteiger partial charge in [-0.05, 0) is 42.7 Å². The first-order chi connectivity index (χ1) is 14.6. The third-order valence-electron chi connectivity index (χ3n) is 5.58. The molecule has 1 saturated heterocycles. The van der Waals surface area contributed by atoms with Crippen LogP contribution in [0.25, 0.3) is 10.1 Å². The number of aliphatic hydroxyl groups excluding tert-OH is 1. The smallest absolute Gasteiger partial charge is 0.261 e. The van der Waals surface area contributed by atoms with Crippen LogP contribution in [0.1, 0.15) is 44.9 Å². The summed E-state index contributed by atoms with van der Waals surface area (Å²) < 4.78 is 2.70. The van der Waals surface area contributed by atoms with Crippen molar-refractivity contribution in [2.24, 2.45) is 7.05 Å². The summed E-state index contributed by atoms with van der Waals surface area (Å²) in [5.74, 6) is -0.167. The summed E-state index contributed by atoms with van der Waals surface area (Å²) in [5, 5.41) is 17.1. The van der Waals surface area contributed by atoms with Crippen molar-refractivity contribution in [2.45, 2.75) is 31.7 Å². The molecule has 1 atom stereocenters. The van der Waals surface area contributed by atoms with Gasteiger partial charge in [-0.15, -0.1) is 11.3 Å². The zero-order chi connectivity index (χ0) is 21.1. The zero-order valence-electron chi connectivity index (χ0n) is 17.0. The molecule has 0 aliphatic carbocycles. The van der Waals surface area contributed by atoms with Crippen LogP contribution in [0.15, 0.2) is 36.7 Å². The lowest BCUT2D eigenvalue weighted by Gasteiger charge is -2.36. The zero-order valence-corrected chi connectivity index (χ0v) is 17.8. The average Bonchev–Trinajstić information content (AvgIpc) is 3.36. The van der Waals surface area contributed by atoms with Crippen molar-refractivity contribution in [3.63, 3.8) is 0 Å². The molecular weight excluding hydrogens is 400 g/mol. The summed E-state index contributed by atoms with van der Waals surface area (Å²) in [6.07, 6.45) is 6.96. The predicted octanol–water partition coefficient (Wildman–Crippen LogP) is 2.59.